The maximum atomic E-state index is 12.8. The van der Waals surface area contributed by atoms with E-state index < -0.39 is 6.36 Å². The van der Waals surface area contributed by atoms with Crippen molar-refractivity contribution < 1.29 is 17.9 Å². The van der Waals surface area contributed by atoms with Crippen molar-refractivity contribution in [3.8, 4) is 5.75 Å². The van der Waals surface area contributed by atoms with Crippen LogP contribution in [0.15, 0.2) is 42.5 Å². The van der Waals surface area contributed by atoms with Crippen LogP contribution in [0.25, 0.3) is 10.2 Å². The molecule has 0 spiro atoms. The Morgan fingerprint density at radius 1 is 1.00 bits per heavy atom. The molecule has 2 aliphatic rings. The van der Waals surface area contributed by atoms with Crippen LogP contribution in [0.5, 0.6) is 5.75 Å². The van der Waals surface area contributed by atoms with Crippen LogP contribution in [0, 0.1) is 11.8 Å². The van der Waals surface area contributed by atoms with Crippen molar-refractivity contribution in [3.63, 3.8) is 0 Å². The summed E-state index contributed by atoms with van der Waals surface area (Å²) < 4.78 is 43.8. The number of aromatic nitrogens is 1. The third-order valence-electron chi connectivity index (χ3n) is 5.62. The standard InChI is InChI=1S/C21H19ClF3N3OS/c22-15-5-6-16-19(8-15)30-20(26-16)28-11-13-7-14(12-28)10-27(9-13)17-3-1-2-4-18(17)29-21(23,24)25/h1-6,8,13-14H,7,9-12H2. The zero-order valence-electron chi connectivity index (χ0n) is 15.9. The summed E-state index contributed by atoms with van der Waals surface area (Å²) in [6, 6.07) is 12.1. The number of para-hydroxylation sites is 2. The van der Waals surface area contributed by atoms with Crippen LogP contribution >= 0.6 is 22.9 Å². The molecule has 2 atom stereocenters. The maximum Gasteiger partial charge on any atom is 0.573 e. The molecule has 2 unspecified atom stereocenters. The summed E-state index contributed by atoms with van der Waals surface area (Å²) >= 11 is 7.73. The fourth-order valence-corrected chi connectivity index (χ4v) is 5.84. The number of hydrogen-bond donors (Lipinski definition) is 0. The summed E-state index contributed by atoms with van der Waals surface area (Å²) in [5.41, 5.74) is 1.45. The van der Waals surface area contributed by atoms with E-state index in [4.69, 9.17) is 16.6 Å². The molecular weight excluding hydrogens is 435 g/mol. The molecule has 30 heavy (non-hydrogen) atoms. The van der Waals surface area contributed by atoms with Gasteiger partial charge in [-0.05, 0) is 48.6 Å². The molecule has 0 amide bonds. The highest BCUT2D eigenvalue weighted by Crippen LogP contribution is 2.40. The molecule has 5 rings (SSSR count). The predicted molar refractivity (Wildman–Crippen MR) is 114 cm³/mol. The number of alkyl halides is 3. The molecule has 2 saturated heterocycles. The van der Waals surface area contributed by atoms with Crippen LogP contribution in [-0.4, -0.2) is 37.5 Å². The number of rotatable bonds is 3. The van der Waals surface area contributed by atoms with E-state index in [0.717, 1.165) is 34.9 Å². The predicted octanol–water partition coefficient (Wildman–Crippen LogP) is 5.81. The molecule has 0 aliphatic carbocycles. The fraction of sp³-hybridized carbons (Fsp3) is 0.381. The average Bonchev–Trinajstić information content (AvgIpc) is 3.09. The summed E-state index contributed by atoms with van der Waals surface area (Å²) in [6.07, 6.45) is -3.62. The van der Waals surface area contributed by atoms with Crippen LogP contribution < -0.4 is 14.5 Å². The van der Waals surface area contributed by atoms with Crippen molar-refractivity contribution in [3.05, 3.63) is 47.5 Å². The number of fused-ring (bicyclic) bond motifs is 3. The highest BCUT2D eigenvalue weighted by Gasteiger charge is 2.37. The second kappa shape index (κ2) is 7.50. The number of piperidine rings is 2. The zero-order chi connectivity index (χ0) is 20.9. The van der Waals surface area contributed by atoms with Crippen molar-refractivity contribution in [2.45, 2.75) is 12.8 Å². The molecule has 0 radical (unpaired) electrons. The Bertz CT molecular complexity index is 1060. The Kier molecular flexibility index (Phi) is 4.94. The van der Waals surface area contributed by atoms with E-state index in [1.54, 1.807) is 29.5 Å². The third kappa shape index (κ3) is 4.03. The van der Waals surface area contributed by atoms with Gasteiger partial charge in [0.25, 0.3) is 0 Å². The molecule has 0 N–H and O–H groups in total. The SMILES string of the molecule is FC(F)(F)Oc1ccccc1N1CC2CC(CN(c3nc4ccc(Cl)cc4s3)C2)C1. The molecule has 2 fully saturated rings. The molecule has 3 heterocycles. The maximum absolute atomic E-state index is 12.8. The van der Waals surface area contributed by atoms with E-state index in [0.29, 0.717) is 35.6 Å². The lowest BCUT2D eigenvalue weighted by Gasteiger charge is -2.46. The van der Waals surface area contributed by atoms with E-state index in [2.05, 4.69) is 9.64 Å². The smallest absolute Gasteiger partial charge is 0.404 e. The van der Waals surface area contributed by atoms with Crippen LogP contribution in [0.2, 0.25) is 5.02 Å². The number of halogens is 4. The molecular formula is C21H19ClF3N3OS. The van der Waals surface area contributed by atoms with Crippen LogP contribution in [0.4, 0.5) is 24.0 Å². The molecule has 1 aromatic heterocycles. The lowest BCUT2D eigenvalue weighted by molar-refractivity contribution is -0.274. The van der Waals surface area contributed by atoms with Crippen molar-refractivity contribution in [2.24, 2.45) is 11.8 Å². The molecule has 3 aromatic rings. The second-order valence-electron chi connectivity index (χ2n) is 7.90. The Hall–Kier alpha value is -2.19. The van der Waals surface area contributed by atoms with Gasteiger partial charge in [0.1, 0.15) is 0 Å². The molecule has 2 aromatic carbocycles. The van der Waals surface area contributed by atoms with Crippen molar-refractivity contribution >= 4 is 44.0 Å². The third-order valence-corrected chi connectivity index (χ3v) is 6.94. The quantitative estimate of drug-likeness (QED) is 0.500. The van der Waals surface area contributed by atoms with Gasteiger partial charge in [-0.2, -0.15) is 0 Å². The first-order valence-corrected chi connectivity index (χ1v) is 10.9. The summed E-state index contributed by atoms with van der Waals surface area (Å²) in [6.45, 7) is 3.07. The van der Waals surface area contributed by atoms with Crippen molar-refractivity contribution in [1.29, 1.82) is 0 Å². The lowest BCUT2D eigenvalue weighted by Crippen LogP contribution is -2.53. The topological polar surface area (TPSA) is 28.6 Å². The minimum atomic E-state index is -4.70. The highest BCUT2D eigenvalue weighted by atomic mass is 35.5. The van der Waals surface area contributed by atoms with E-state index in [1.165, 1.54) is 6.07 Å². The molecule has 4 nitrogen and oxygen atoms in total. The lowest BCUT2D eigenvalue weighted by atomic mass is 9.84. The normalized spacial score (nSPS) is 21.9. The number of benzene rings is 2. The van der Waals surface area contributed by atoms with E-state index in [1.807, 2.05) is 23.1 Å². The number of thiazole rings is 1. The van der Waals surface area contributed by atoms with Gasteiger partial charge in [-0.25, -0.2) is 4.98 Å². The van der Waals surface area contributed by atoms with Crippen LogP contribution in [0.3, 0.4) is 0 Å². The van der Waals surface area contributed by atoms with Gasteiger partial charge in [0.05, 0.1) is 15.9 Å². The van der Waals surface area contributed by atoms with Gasteiger partial charge in [0.2, 0.25) is 0 Å². The van der Waals surface area contributed by atoms with Gasteiger partial charge in [-0.1, -0.05) is 35.1 Å². The van der Waals surface area contributed by atoms with Crippen molar-refractivity contribution in [1.82, 2.24) is 4.98 Å². The van der Waals surface area contributed by atoms with Gasteiger partial charge in [-0.15, -0.1) is 13.2 Å². The molecule has 158 valence electrons. The summed E-state index contributed by atoms with van der Waals surface area (Å²) in [5, 5.41) is 1.68. The highest BCUT2D eigenvalue weighted by molar-refractivity contribution is 7.22. The Morgan fingerprint density at radius 3 is 2.43 bits per heavy atom. The monoisotopic (exact) mass is 453 g/mol. The Balaban J connectivity index is 1.35. The zero-order valence-corrected chi connectivity index (χ0v) is 17.5. The van der Waals surface area contributed by atoms with Gasteiger partial charge in [0.15, 0.2) is 10.9 Å². The van der Waals surface area contributed by atoms with Crippen molar-refractivity contribution in [2.75, 3.05) is 36.0 Å². The number of anilines is 2. The second-order valence-corrected chi connectivity index (χ2v) is 9.35. The summed E-state index contributed by atoms with van der Waals surface area (Å²) in [5.74, 6) is 0.573. The molecule has 2 bridgehead atoms. The number of hydrogen-bond acceptors (Lipinski definition) is 5. The van der Waals surface area contributed by atoms with E-state index >= 15 is 0 Å². The molecule has 2 aliphatic heterocycles. The van der Waals surface area contributed by atoms with E-state index in [-0.39, 0.29) is 5.75 Å². The summed E-state index contributed by atoms with van der Waals surface area (Å²) in [4.78, 5) is 9.11. The minimum Gasteiger partial charge on any atom is -0.404 e. The molecule has 0 saturated carbocycles. The fourth-order valence-electron chi connectivity index (χ4n) is 4.58. The Labute approximate surface area is 180 Å². The van der Waals surface area contributed by atoms with E-state index in [9.17, 15) is 13.2 Å². The van der Waals surface area contributed by atoms with Crippen LogP contribution in [0.1, 0.15) is 6.42 Å². The summed E-state index contributed by atoms with van der Waals surface area (Å²) in [7, 11) is 0. The number of ether oxygens (including phenoxy) is 1. The minimum absolute atomic E-state index is 0.134. The van der Waals surface area contributed by atoms with Gasteiger partial charge in [-0.3, -0.25) is 0 Å². The first-order valence-electron chi connectivity index (χ1n) is 9.75. The first-order chi connectivity index (χ1) is 14.3. The Morgan fingerprint density at radius 2 is 1.70 bits per heavy atom. The molecule has 9 heteroatoms. The first kappa shape index (κ1) is 19.8. The van der Waals surface area contributed by atoms with Gasteiger partial charge >= 0.3 is 6.36 Å². The van der Waals surface area contributed by atoms with Crippen LogP contribution in [-0.2, 0) is 0 Å². The largest absolute Gasteiger partial charge is 0.573 e. The van der Waals surface area contributed by atoms with Gasteiger partial charge < -0.3 is 14.5 Å². The number of nitrogens with zero attached hydrogens (tertiary/aromatic N) is 3. The van der Waals surface area contributed by atoms with Gasteiger partial charge in [0, 0.05) is 31.2 Å². The average molecular weight is 454 g/mol.